The Hall–Kier alpha value is -3.17. The van der Waals surface area contributed by atoms with E-state index in [9.17, 15) is 13.5 Å². The molecule has 0 saturated carbocycles. The Balaban J connectivity index is 1.47. The van der Waals surface area contributed by atoms with Gasteiger partial charge in [-0.2, -0.15) is 8.42 Å². The first-order valence-corrected chi connectivity index (χ1v) is 12.9. The van der Waals surface area contributed by atoms with Gasteiger partial charge < -0.3 is 18.9 Å². The molecule has 4 rings (SSSR count). The van der Waals surface area contributed by atoms with E-state index in [4.69, 9.17) is 8.92 Å². The summed E-state index contributed by atoms with van der Waals surface area (Å²) in [6.07, 6.45) is 0.930. The number of benzene rings is 2. The molecule has 0 bridgehead atoms. The summed E-state index contributed by atoms with van der Waals surface area (Å²) in [4.78, 5) is 2.38. The lowest BCUT2D eigenvalue weighted by Gasteiger charge is -2.48. The van der Waals surface area contributed by atoms with Gasteiger partial charge in [0.25, 0.3) is 0 Å². The molecule has 1 saturated heterocycles. The van der Waals surface area contributed by atoms with Crippen LogP contribution in [0.3, 0.4) is 0 Å². The summed E-state index contributed by atoms with van der Waals surface area (Å²) >= 11 is 0. The molecule has 2 atom stereocenters. The zero-order valence-corrected chi connectivity index (χ0v) is 21.4. The van der Waals surface area contributed by atoms with Crippen LogP contribution in [0.2, 0.25) is 0 Å². The minimum Gasteiger partial charge on any atom is -0.507 e. The van der Waals surface area contributed by atoms with Gasteiger partial charge in [-0.1, -0.05) is 24.6 Å². The lowest BCUT2D eigenvalue weighted by atomic mass is 9.79. The number of phenolic OH excluding ortho intramolecular Hbond substituents is 1. The fourth-order valence-corrected chi connectivity index (χ4v) is 5.09. The Labute approximate surface area is 206 Å². The average molecular weight is 498 g/mol. The zero-order valence-electron chi connectivity index (χ0n) is 20.6. The summed E-state index contributed by atoms with van der Waals surface area (Å²) in [5.41, 5.74) is 1.78. The lowest BCUT2D eigenvalue weighted by molar-refractivity contribution is -0.0301. The first-order valence-electron chi connectivity index (χ1n) is 11.5. The number of ether oxygens (including phenoxy) is 1. The first-order chi connectivity index (χ1) is 16.5. The van der Waals surface area contributed by atoms with Gasteiger partial charge in [-0.3, -0.25) is 0 Å². The molecule has 1 aromatic heterocycles. The molecule has 2 unspecified atom stereocenters. The highest BCUT2D eigenvalue weighted by molar-refractivity contribution is 7.87. The summed E-state index contributed by atoms with van der Waals surface area (Å²) in [7, 11) is -1.89. The Morgan fingerprint density at radius 3 is 2.40 bits per heavy atom. The Bertz CT molecular complexity index is 1290. The summed E-state index contributed by atoms with van der Waals surface area (Å²) in [5, 5.41) is 18.9. The van der Waals surface area contributed by atoms with Gasteiger partial charge in [0, 0.05) is 35.7 Å². The molecule has 0 spiro atoms. The van der Waals surface area contributed by atoms with Crippen molar-refractivity contribution in [2.24, 2.45) is 5.92 Å². The van der Waals surface area contributed by atoms with Gasteiger partial charge in [-0.25, -0.2) is 0 Å². The summed E-state index contributed by atoms with van der Waals surface area (Å²) in [6.45, 7) is 9.41. The molecule has 0 aliphatic carbocycles. The Kier molecular flexibility index (Phi) is 6.75. The third kappa shape index (κ3) is 5.26. The minimum atomic E-state index is -4.02. The Morgan fingerprint density at radius 2 is 1.77 bits per heavy atom. The second-order valence-electron chi connectivity index (χ2n) is 9.60. The van der Waals surface area contributed by atoms with Crippen molar-refractivity contribution >= 4 is 10.1 Å². The number of aromatic nitrogens is 2. The number of hydrogen-bond donors (Lipinski definition) is 1. The number of likely N-dealkylation sites (tertiary alicyclic amines) is 1. The number of rotatable bonds is 6. The van der Waals surface area contributed by atoms with Crippen LogP contribution in [0, 0.1) is 12.8 Å². The monoisotopic (exact) mass is 497 g/mol. The normalized spacial score (nSPS) is 20.4. The molecule has 1 aliphatic heterocycles. The predicted octanol–water partition coefficient (Wildman–Crippen LogP) is 4.42. The third-order valence-corrected chi connectivity index (χ3v) is 8.34. The molecule has 1 fully saturated rings. The van der Waals surface area contributed by atoms with E-state index in [2.05, 4.69) is 42.9 Å². The predicted molar refractivity (Wildman–Crippen MR) is 133 cm³/mol. The van der Waals surface area contributed by atoms with E-state index in [0.717, 1.165) is 18.5 Å². The molecule has 1 aliphatic rings. The molecular weight excluding hydrogens is 466 g/mol. The molecule has 186 valence electrons. The van der Waals surface area contributed by atoms with E-state index in [1.165, 1.54) is 24.3 Å². The summed E-state index contributed by atoms with van der Waals surface area (Å²) in [6, 6.07) is 14.0. The fourth-order valence-electron chi connectivity index (χ4n) is 4.16. The van der Waals surface area contributed by atoms with Crippen molar-refractivity contribution in [2.75, 3.05) is 13.6 Å². The number of nitrogens with zero attached hydrogens (tertiary/aromatic N) is 3. The van der Waals surface area contributed by atoms with Crippen molar-refractivity contribution in [3.05, 3.63) is 60.2 Å². The van der Waals surface area contributed by atoms with Gasteiger partial charge in [0.2, 0.25) is 5.88 Å². The molecule has 0 radical (unpaired) electrons. The zero-order chi connectivity index (χ0) is 25.4. The van der Waals surface area contributed by atoms with E-state index in [-0.39, 0.29) is 28.0 Å². The number of piperidine rings is 1. The highest BCUT2D eigenvalue weighted by atomic mass is 32.2. The second kappa shape index (κ2) is 9.47. The number of aryl methyl sites for hydroxylation is 1. The van der Waals surface area contributed by atoms with Crippen LogP contribution < -0.4 is 8.92 Å². The molecule has 2 heterocycles. The van der Waals surface area contributed by atoms with Crippen molar-refractivity contribution in [1.29, 1.82) is 0 Å². The summed E-state index contributed by atoms with van der Waals surface area (Å²) in [5.74, 6) is 0.555. The smallest absolute Gasteiger partial charge is 0.339 e. The molecule has 8 nitrogen and oxygen atoms in total. The van der Waals surface area contributed by atoms with Crippen molar-refractivity contribution in [3.8, 4) is 28.6 Å². The third-order valence-electron chi connectivity index (χ3n) is 7.08. The summed E-state index contributed by atoms with van der Waals surface area (Å²) < 4.78 is 36.4. The maximum Gasteiger partial charge on any atom is 0.339 e. The average Bonchev–Trinajstić information content (AvgIpc) is 2.81. The number of phenols is 1. The van der Waals surface area contributed by atoms with E-state index >= 15 is 0 Å². The molecule has 3 aromatic rings. The van der Waals surface area contributed by atoms with Gasteiger partial charge in [-0.15, -0.1) is 10.2 Å². The first kappa shape index (κ1) is 24.9. The topological polar surface area (TPSA) is 102 Å². The van der Waals surface area contributed by atoms with Crippen LogP contribution in [-0.4, -0.2) is 53.9 Å². The highest BCUT2D eigenvalue weighted by Gasteiger charge is 2.40. The molecule has 9 heteroatoms. The van der Waals surface area contributed by atoms with Crippen LogP contribution in [-0.2, 0) is 10.1 Å². The van der Waals surface area contributed by atoms with Crippen LogP contribution >= 0.6 is 0 Å². The van der Waals surface area contributed by atoms with Crippen LogP contribution in [0.15, 0.2) is 59.5 Å². The van der Waals surface area contributed by atoms with Crippen molar-refractivity contribution in [1.82, 2.24) is 15.1 Å². The Morgan fingerprint density at radius 1 is 1.06 bits per heavy atom. The molecule has 35 heavy (non-hydrogen) atoms. The van der Waals surface area contributed by atoms with Gasteiger partial charge in [-0.05, 0) is 64.6 Å². The second-order valence-corrected chi connectivity index (χ2v) is 11.1. The van der Waals surface area contributed by atoms with E-state index in [0.29, 0.717) is 23.1 Å². The van der Waals surface area contributed by atoms with E-state index in [1.807, 2.05) is 6.92 Å². The quantitative estimate of drug-likeness (QED) is 0.499. The van der Waals surface area contributed by atoms with E-state index < -0.39 is 10.1 Å². The molecule has 1 N–H and O–H groups in total. The maximum absolute atomic E-state index is 12.5. The minimum absolute atomic E-state index is 0.00129. The van der Waals surface area contributed by atoms with E-state index in [1.54, 1.807) is 30.3 Å². The van der Waals surface area contributed by atoms with Crippen molar-refractivity contribution < 1.29 is 22.4 Å². The van der Waals surface area contributed by atoms with Crippen LogP contribution in [0.4, 0.5) is 0 Å². The number of aromatic hydroxyl groups is 1. The maximum atomic E-state index is 12.5. The molecule has 2 aromatic carbocycles. The standard InChI is InChI=1S/C26H31N3O5S/c1-17-6-9-20(10-7-17)35(31,32)34-19-8-11-21(23(30)16-19)22-12-13-25(28-27-22)33-24-14-15-29(5)26(3,4)18(24)2/h6-13,16,18,24,30H,14-15H2,1-5H3. The highest BCUT2D eigenvalue weighted by Crippen LogP contribution is 2.35. The van der Waals surface area contributed by atoms with Gasteiger partial charge in [0.1, 0.15) is 22.5 Å². The number of hydrogen-bond acceptors (Lipinski definition) is 8. The molecule has 0 amide bonds. The SMILES string of the molecule is Cc1ccc(S(=O)(=O)Oc2ccc(-c3ccc(OC4CCN(C)C(C)(C)C4C)nn3)c(O)c2)cc1. The van der Waals surface area contributed by atoms with Crippen molar-refractivity contribution in [3.63, 3.8) is 0 Å². The van der Waals surface area contributed by atoms with Crippen molar-refractivity contribution in [2.45, 2.75) is 50.7 Å². The largest absolute Gasteiger partial charge is 0.507 e. The van der Waals surface area contributed by atoms with Gasteiger partial charge in [0.15, 0.2) is 0 Å². The lowest BCUT2D eigenvalue weighted by Crippen LogP contribution is -2.56. The fraction of sp³-hybridized carbons (Fsp3) is 0.385. The molecular formula is C26H31N3O5S. The van der Waals surface area contributed by atoms with Gasteiger partial charge in [0.05, 0.1) is 5.69 Å². The van der Waals surface area contributed by atoms with Gasteiger partial charge >= 0.3 is 10.1 Å². The van der Waals surface area contributed by atoms with Crippen LogP contribution in [0.5, 0.6) is 17.4 Å². The van der Waals surface area contributed by atoms with Crippen LogP contribution in [0.25, 0.3) is 11.3 Å². The van der Waals surface area contributed by atoms with Crippen LogP contribution in [0.1, 0.15) is 32.8 Å².